The number of hydrogen-bond donors (Lipinski definition) is 3. The van der Waals surface area contributed by atoms with Gasteiger partial charge in [-0.2, -0.15) is 0 Å². The third-order valence-corrected chi connectivity index (χ3v) is 6.74. The Labute approximate surface area is 204 Å². The number of rotatable bonds is 4. The Morgan fingerprint density at radius 2 is 1.51 bits per heavy atom. The van der Waals surface area contributed by atoms with Gasteiger partial charge in [0.05, 0.1) is 11.4 Å². The second kappa shape index (κ2) is 9.72. The highest BCUT2D eigenvalue weighted by molar-refractivity contribution is 6.17. The van der Waals surface area contributed by atoms with Crippen molar-refractivity contribution in [3.05, 3.63) is 95.6 Å². The smallest absolute Gasteiger partial charge is 0.259 e. The fourth-order valence-electron chi connectivity index (χ4n) is 4.86. The second-order valence-corrected chi connectivity index (χ2v) is 9.16. The summed E-state index contributed by atoms with van der Waals surface area (Å²) in [6, 6.07) is 22.6. The van der Waals surface area contributed by atoms with Gasteiger partial charge in [-0.1, -0.05) is 48.5 Å². The number of amides is 3. The normalized spacial score (nSPS) is 21.6. The highest BCUT2D eigenvalue weighted by atomic mass is 16.2. The average Bonchev–Trinajstić information content (AvgIpc) is 2.89. The fraction of sp³-hybridized carbons (Fsp3) is 0.250. The lowest BCUT2D eigenvalue weighted by atomic mass is 9.91. The van der Waals surface area contributed by atoms with Gasteiger partial charge in [-0.05, 0) is 61.6 Å². The van der Waals surface area contributed by atoms with Crippen molar-refractivity contribution in [2.45, 2.75) is 43.8 Å². The van der Waals surface area contributed by atoms with Crippen LogP contribution in [-0.2, 0) is 4.79 Å². The molecular weight excluding hydrogens is 440 g/mol. The minimum Gasteiger partial charge on any atom is -0.349 e. The van der Waals surface area contributed by atoms with Crippen molar-refractivity contribution in [2.75, 3.05) is 10.2 Å². The topological polar surface area (TPSA) is 105 Å². The summed E-state index contributed by atoms with van der Waals surface area (Å²) in [6.07, 6.45) is 3.49. The van der Waals surface area contributed by atoms with E-state index in [0.29, 0.717) is 28.1 Å². The standard InChI is InChI=1S/C28H28N4O3/c29-21-12-14-22(15-13-21)30-26(33)20-11-16-24-23(17-20)31-27(34)25(18-7-3-1-4-8-18)32(24)28(35)19-9-5-2-6-10-19/h1-11,16-17,21-22,25H,12-15,29H2,(H,30,33)(H,31,34). The summed E-state index contributed by atoms with van der Waals surface area (Å²) in [5.74, 6) is -0.813. The number of nitrogens with zero attached hydrogens (tertiary/aromatic N) is 1. The van der Waals surface area contributed by atoms with Crippen molar-refractivity contribution < 1.29 is 14.4 Å². The van der Waals surface area contributed by atoms with E-state index in [1.165, 1.54) is 4.90 Å². The molecule has 0 bridgehead atoms. The second-order valence-electron chi connectivity index (χ2n) is 9.16. The van der Waals surface area contributed by atoms with Gasteiger partial charge in [0.15, 0.2) is 0 Å². The molecule has 1 atom stereocenters. The molecule has 0 aromatic heterocycles. The Hall–Kier alpha value is -3.97. The van der Waals surface area contributed by atoms with Gasteiger partial charge < -0.3 is 16.4 Å². The molecule has 3 amide bonds. The largest absolute Gasteiger partial charge is 0.349 e. The van der Waals surface area contributed by atoms with Crippen LogP contribution in [0.1, 0.15) is 58.0 Å². The van der Waals surface area contributed by atoms with E-state index in [4.69, 9.17) is 5.73 Å². The maximum absolute atomic E-state index is 13.7. The maximum Gasteiger partial charge on any atom is 0.259 e. The Kier molecular flexibility index (Phi) is 6.33. The molecule has 1 aliphatic carbocycles. The average molecular weight is 469 g/mol. The van der Waals surface area contributed by atoms with E-state index < -0.39 is 6.04 Å². The van der Waals surface area contributed by atoms with Crippen LogP contribution in [0.25, 0.3) is 0 Å². The van der Waals surface area contributed by atoms with Crippen molar-refractivity contribution in [3.8, 4) is 0 Å². The molecule has 35 heavy (non-hydrogen) atoms. The molecular formula is C28H28N4O3. The lowest BCUT2D eigenvalue weighted by Gasteiger charge is -2.37. The molecule has 7 nitrogen and oxygen atoms in total. The summed E-state index contributed by atoms with van der Waals surface area (Å²) < 4.78 is 0. The third kappa shape index (κ3) is 4.68. The number of fused-ring (bicyclic) bond motifs is 1. The molecule has 1 saturated carbocycles. The molecule has 1 aliphatic heterocycles. The minimum absolute atomic E-state index is 0.0894. The molecule has 178 valence electrons. The molecule has 0 saturated heterocycles. The van der Waals surface area contributed by atoms with Crippen molar-refractivity contribution in [1.82, 2.24) is 5.32 Å². The van der Waals surface area contributed by atoms with Crippen LogP contribution in [0.15, 0.2) is 78.9 Å². The van der Waals surface area contributed by atoms with Gasteiger partial charge in [0.1, 0.15) is 6.04 Å². The van der Waals surface area contributed by atoms with Crippen LogP contribution in [0.4, 0.5) is 11.4 Å². The minimum atomic E-state index is -0.831. The molecule has 1 heterocycles. The SMILES string of the molecule is NC1CCC(NC(=O)c2ccc3c(c2)NC(=O)C(c2ccccc2)N3C(=O)c2ccccc2)CC1. The molecule has 0 radical (unpaired) electrons. The first-order valence-electron chi connectivity index (χ1n) is 12.0. The van der Waals surface area contributed by atoms with E-state index in [2.05, 4.69) is 10.6 Å². The monoisotopic (exact) mass is 468 g/mol. The predicted octanol–water partition coefficient (Wildman–Crippen LogP) is 4.03. The molecule has 2 aliphatic rings. The van der Waals surface area contributed by atoms with Crippen molar-refractivity contribution in [2.24, 2.45) is 5.73 Å². The first-order valence-corrected chi connectivity index (χ1v) is 12.0. The number of carbonyl (C=O) groups excluding carboxylic acids is 3. The highest BCUT2D eigenvalue weighted by Gasteiger charge is 2.38. The van der Waals surface area contributed by atoms with Gasteiger partial charge in [-0.15, -0.1) is 0 Å². The van der Waals surface area contributed by atoms with Gasteiger partial charge in [-0.3, -0.25) is 19.3 Å². The quantitative estimate of drug-likeness (QED) is 0.538. The third-order valence-electron chi connectivity index (χ3n) is 6.74. The maximum atomic E-state index is 13.7. The Bertz CT molecular complexity index is 1240. The van der Waals surface area contributed by atoms with Crippen LogP contribution in [0.2, 0.25) is 0 Å². The molecule has 3 aromatic carbocycles. The van der Waals surface area contributed by atoms with E-state index in [-0.39, 0.29) is 29.8 Å². The van der Waals surface area contributed by atoms with Crippen LogP contribution in [-0.4, -0.2) is 29.8 Å². The molecule has 3 aromatic rings. The number of benzene rings is 3. The summed E-state index contributed by atoms with van der Waals surface area (Å²) in [7, 11) is 0. The van der Waals surface area contributed by atoms with Crippen LogP contribution in [0.3, 0.4) is 0 Å². The zero-order valence-corrected chi connectivity index (χ0v) is 19.3. The zero-order chi connectivity index (χ0) is 24.4. The number of anilines is 2. The Morgan fingerprint density at radius 3 is 2.20 bits per heavy atom. The summed E-state index contributed by atoms with van der Waals surface area (Å²) >= 11 is 0. The number of nitrogens with two attached hydrogens (primary N) is 1. The van der Waals surface area contributed by atoms with Crippen molar-refractivity contribution in [3.63, 3.8) is 0 Å². The molecule has 4 N–H and O–H groups in total. The molecule has 1 fully saturated rings. The summed E-state index contributed by atoms with van der Waals surface area (Å²) in [5.41, 5.74) is 8.58. The van der Waals surface area contributed by atoms with Crippen LogP contribution < -0.4 is 21.3 Å². The van der Waals surface area contributed by atoms with Gasteiger partial charge >= 0.3 is 0 Å². The summed E-state index contributed by atoms with van der Waals surface area (Å²) in [6.45, 7) is 0. The first kappa shape index (κ1) is 22.8. The Morgan fingerprint density at radius 1 is 0.857 bits per heavy atom. The van der Waals surface area contributed by atoms with E-state index in [1.54, 1.807) is 42.5 Å². The molecule has 0 spiro atoms. The molecule has 5 rings (SSSR count). The molecule has 1 unspecified atom stereocenters. The van der Waals surface area contributed by atoms with Crippen molar-refractivity contribution in [1.29, 1.82) is 0 Å². The fourth-order valence-corrected chi connectivity index (χ4v) is 4.86. The number of nitrogens with one attached hydrogen (secondary N) is 2. The van der Waals surface area contributed by atoms with Crippen molar-refractivity contribution >= 4 is 29.1 Å². The summed E-state index contributed by atoms with van der Waals surface area (Å²) in [4.78, 5) is 41.4. The highest BCUT2D eigenvalue weighted by Crippen LogP contribution is 2.40. The lowest BCUT2D eigenvalue weighted by molar-refractivity contribution is -0.117. The van der Waals surface area contributed by atoms with Crippen LogP contribution in [0, 0.1) is 0 Å². The number of carbonyl (C=O) groups is 3. The van der Waals surface area contributed by atoms with E-state index in [1.807, 2.05) is 36.4 Å². The van der Waals surface area contributed by atoms with Gasteiger partial charge in [0, 0.05) is 23.2 Å². The van der Waals surface area contributed by atoms with E-state index >= 15 is 0 Å². The lowest BCUT2D eigenvalue weighted by Crippen LogP contribution is -2.45. The predicted molar refractivity (Wildman–Crippen MR) is 135 cm³/mol. The van der Waals surface area contributed by atoms with Gasteiger partial charge in [0.2, 0.25) is 0 Å². The summed E-state index contributed by atoms with van der Waals surface area (Å²) in [5, 5.41) is 6.00. The van der Waals surface area contributed by atoms with E-state index in [9.17, 15) is 14.4 Å². The zero-order valence-electron chi connectivity index (χ0n) is 19.3. The molecule has 7 heteroatoms. The van der Waals surface area contributed by atoms with Crippen LogP contribution in [0.5, 0.6) is 0 Å². The van der Waals surface area contributed by atoms with Gasteiger partial charge in [-0.25, -0.2) is 0 Å². The Balaban J connectivity index is 1.49. The number of hydrogen-bond acceptors (Lipinski definition) is 4. The first-order chi connectivity index (χ1) is 17.0. The van der Waals surface area contributed by atoms with Crippen LogP contribution >= 0.6 is 0 Å². The van der Waals surface area contributed by atoms with E-state index in [0.717, 1.165) is 25.7 Å². The van der Waals surface area contributed by atoms with Gasteiger partial charge in [0.25, 0.3) is 17.7 Å².